The van der Waals surface area contributed by atoms with Gasteiger partial charge in [-0.2, -0.15) is 0 Å². The summed E-state index contributed by atoms with van der Waals surface area (Å²) < 4.78 is 9.51. The van der Waals surface area contributed by atoms with Crippen molar-refractivity contribution in [1.29, 1.82) is 0 Å². The Morgan fingerprint density at radius 3 is 1.31 bits per heavy atom. The minimum absolute atomic E-state index is 0.184. The first-order valence-corrected chi connectivity index (χ1v) is 34.8. The molecule has 86 heavy (non-hydrogen) atoms. The molecule has 9 aromatic rings. The highest BCUT2D eigenvalue weighted by molar-refractivity contribution is 8.24. The maximum Gasteiger partial charge on any atom is 0.339 e. The molecule has 3 heterocycles. The summed E-state index contributed by atoms with van der Waals surface area (Å²) >= 11 is 74.8. The molecule has 0 bridgehead atoms. The fourth-order valence-electron chi connectivity index (χ4n) is 8.24. The Hall–Kier alpha value is -3.18. The van der Waals surface area contributed by atoms with Gasteiger partial charge in [0.25, 0.3) is 5.56 Å². The van der Waals surface area contributed by atoms with E-state index in [0.717, 1.165) is 83.5 Å². The van der Waals surface area contributed by atoms with Gasteiger partial charge in [0.05, 0.1) is 67.1 Å². The Morgan fingerprint density at radius 1 is 0.453 bits per heavy atom. The number of aryl methyl sites for hydroxylation is 6. The summed E-state index contributed by atoms with van der Waals surface area (Å²) in [7, 11) is 12.4. The topological polar surface area (TPSA) is 136 Å². The first kappa shape index (κ1) is 73.6. The SMILES string of the molecule is CN(C)CCCN(C)c1nc(CCc2ccc(Cl)c(Cl)c2)nc2c(Cl)cccc12.CNCCCN(C)C.Clc1ccc(CCc2nc(Cl)c3cccc(Cl)c3n2)cc1Cl.O=P(Cl)(Cl)Cl.O=c1[nH]c(CCc2ccc(Cl)c(Cl)c2)nc2c(Cl)cccc12. The van der Waals surface area contributed by atoms with Crippen LogP contribution < -0.4 is 15.8 Å². The number of aromatic nitrogens is 6. The van der Waals surface area contributed by atoms with Crippen LogP contribution in [0.25, 0.3) is 32.7 Å². The Morgan fingerprint density at radius 2 is 0.860 bits per heavy atom. The summed E-state index contributed by atoms with van der Waals surface area (Å²) in [4.78, 5) is 44.3. The fraction of sp³-hybridized carbons (Fsp3) is 0.300. The van der Waals surface area contributed by atoms with Crippen LogP contribution in [0.3, 0.4) is 0 Å². The number of H-pyrrole nitrogens is 1. The molecule has 0 saturated heterocycles. The lowest BCUT2D eigenvalue weighted by Crippen LogP contribution is -2.24. The average Bonchev–Trinajstić information content (AvgIpc) is 2.63. The van der Waals surface area contributed by atoms with E-state index in [2.05, 4.69) is 109 Å². The van der Waals surface area contributed by atoms with E-state index in [9.17, 15) is 9.36 Å². The smallest absolute Gasteiger partial charge is 0.339 e. The summed E-state index contributed by atoms with van der Waals surface area (Å²) in [5.74, 6) is 2.93. The second kappa shape index (κ2) is 36.6. The summed E-state index contributed by atoms with van der Waals surface area (Å²) in [6.45, 7) is 4.24. The number of hydrogen-bond donors (Lipinski definition) is 2. The first-order valence-electron chi connectivity index (χ1n) is 26.6. The number of halogens is 13. The van der Waals surface area contributed by atoms with Gasteiger partial charge < -0.3 is 25.0 Å². The standard InChI is InChI=1S/C22H25Cl3N4.C16H10Cl4N2.C16H11Cl3N2O.C6H16N2.Cl3OP/c1-28(2)12-5-13-29(3)22-16-6-4-7-18(24)21(16)26-20(27-22)11-9-15-8-10-17(23)19(25)14-15;17-11-6-4-9(8-13(11)19)5-7-14-21-15-10(16(20)22-14)2-1-3-12(15)18;17-11-6-4-9(8-13(11)19)5-7-14-20-15-10(16(22)21-14)2-1-3-12(15)18;1-7-5-4-6-8(2)3;1-5(2,3)4/h4,6-8,10,14H,5,9,11-13H2,1-3H3;1-4,6,8H,5,7H2;1-4,6,8H,5,7H2,(H,20,21,22);7H,4-6H2,1-3H3;. The zero-order chi connectivity index (χ0) is 63.3. The normalized spacial score (nSPS) is 11.2. The van der Waals surface area contributed by atoms with Crippen molar-refractivity contribution in [2.75, 3.05) is 73.4 Å². The molecule has 12 nitrogen and oxygen atoms in total. The predicted molar refractivity (Wildman–Crippen MR) is 372 cm³/mol. The largest absolute Gasteiger partial charge is 0.359 e. The maximum atomic E-state index is 12.1. The Labute approximate surface area is 566 Å². The van der Waals surface area contributed by atoms with Crippen LogP contribution >= 0.6 is 155 Å². The van der Waals surface area contributed by atoms with E-state index < -0.39 is 5.20 Å². The molecular weight excluding hydrogens is 1380 g/mol. The van der Waals surface area contributed by atoms with Crippen LogP contribution in [-0.2, 0) is 43.1 Å². The lowest BCUT2D eigenvalue weighted by molar-refractivity contribution is 0.397. The van der Waals surface area contributed by atoms with E-state index in [1.165, 1.54) is 13.0 Å². The molecule has 0 unspecified atom stereocenters. The molecule has 6 aromatic carbocycles. The summed E-state index contributed by atoms with van der Waals surface area (Å²) in [5.41, 5.74) is 5.00. The number of fused-ring (bicyclic) bond motifs is 3. The lowest BCUT2D eigenvalue weighted by atomic mass is 10.1. The van der Waals surface area contributed by atoms with Gasteiger partial charge in [-0.1, -0.05) is 152 Å². The molecule has 0 aliphatic heterocycles. The number of rotatable bonds is 18. The average molecular weight is 1450 g/mol. The quantitative estimate of drug-likeness (QED) is 0.0483. The van der Waals surface area contributed by atoms with E-state index in [1.54, 1.807) is 36.4 Å². The zero-order valence-corrected chi connectivity index (χ0v) is 58.4. The number of aromatic amines is 1. The predicted octanol–water partition coefficient (Wildman–Crippen LogP) is 19.4. The molecule has 0 atom stereocenters. The molecule has 0 amide bonds. The van der Waals surface area contributed by atoms with Crippen molar-refractivity contribution >= 4 is 193 Å². The van der Waals surface area contributed by atoms with Crippen molar-refractivity contribution in [3.05, 3.63) is 204 Å². The van der Waals surface area contributed by atoms with Crippen molar-refractivity contribution in [1.82, 2.24) is 45.0 Å². The van der Waals surface area contributed by atoms with Gasteiger partial charge in [0, 0.05) is 43.6 Å². The van der Waals surface area contributed by atoms with Gasteiger partial charge >= 0.3 is 5.20 Å². The van der Waals surface area contributed by atoms with E-state index >= 15 is 0 Å². The van der Waals surface area contributed by atoms with Crippen LogP contribution in [0, 0.1) is 0 Å². The first-order chi connectivity index (χ1) is 40.7. The minimum atomic E-state index is -3.22. The number of hydrogen-bond acceptors (Lipinski definition) is 11. The highest BCUT2D eigenvalue weighted by Crippen LogP contribution is 2.61. The monoisotopic (exact) mass is 1440 g/mol. The molecule has 2 N–H and O–H groups in total. The van der Waals surface area contributed by atoms with Gasteiger partial charge in [-0.3, -0.25) is 9.36 Å². The summed E-state index contributed by atoms with van der Waals surface area (Å²) in [6, 6.07) is 33.2. The van der Waals surface area contributed by atoms with E-state index in [4.69, 9.17) is 126 Å². The van der Waals surface area contributed by atoms with Gasteiger partial charge in [0.1, 0.15) is 28.4 Å². The van der Waals surface area contributed by atoms with Crippen LogP contribution in [0.1, 0.15) is 47.0 Å². The fourth-order valence-corrected chi connectivity index (χ4v) is 10.1. The number of benzene rings is 6. The van der Waals surface area contributed by atoms with Crippen LogP contribution in [0.5, 0.6) is 0 Å². The molecule has 0 radical (unpaired) electrons. The van der Waals surface area contributed by atoms with Crippen molar-refractivity contribution in [2.45, 2.75) is 51.4 Å². The zero-order valence-electron chi connectivity index (χ0n) is 47.6. The maximum absolute atomic E-state index is 12.1. The lowest BCUT2D eigenvalue weighted by Gasteiger charge is -2.22. The molecule has 460 valence electrons. The third-order valence-corrected chi connectivity index (χ3v) is 15.9. The van der Waals surface area contributed by atoms with Crippen molar-refractivity contribution in [2.24, 2.45) is 0 Å². The van der Waals surface area contributed by atoms with Crippen LogP contribution in [0.2, 0.25) is 50.4 Å². The van der Waals surface area contributed by atoms with Gasteiger partial charge in [-0.05, 0) is 210 Å². The minimum Gasteiger partial charge on any atom is -0.359 e. The molecule has 3 aromatic heterocycles. The summed E-state index contributed by atoms with van der Waals surface area (Å²) in [5, 5.41) is 7.44. The number of anilines is 1. The highest BCUT2D eigenvalue weighted by Gasteiger charge is 2.16. The molecule has 26 heteroatoms. The van der Waals surface area contributed by atoms with Gasteiger partial charge in [0.15, 0.2) is 0 Å². The van der Waals surface area contributed by atoms with Gasteiger partial charge in [0.2, 0.25) is 0 Å². The molecule has 0 fully saturated rings. The molecule has 0 saturated carbocycles. The Balaban J connectivity index is 0.000000215. The second-order valence-corrected chi connectivity index (χ2v) is 30.5. The van der Waals surface area contributed by atoms with Crippen LogP contribution in [0.15, 0.2) is 114 Å². The number of nitrogens with zero attached hydrogens (tertiary/aromatic N) is 8. The second-order valence-electron chi connectivity index (χ2n) is 19.8. The van der Waals surface area contributed by atoms with Gasteiger partial charge in [-0.25, -0.2) is 24.9 Å². The van der Waals surface area contributed by atoms with Crippen LogP contribution in [0.4, 0.5) is 5.82 Å². The molecular formula is C60H62Cl13N10O2P. The summed E-state index contributed by atoms with van der Waals surface area (Å²) in [6.07, 6.45) is 6.40. The Bertz CT molecular complexity index is 3790. The third-order valence-electron chi connectivity index (χ3n) is 12.5. The number of para-hydroxylation sites is 3. The Kier molecular flexibility index (Phi) is 31.3. The van der Waals surface area contributed by atoms with Gasteiger partial charge in [-0.15, -0.1) is 0 Å². The molecule has 9 rings (SSSR count). The van der Waals surface area contributed by atoms with Crippen molar-refractivity contribution < 1.29 is 4.57 Å². The molecule has 0 aliphatic rings. The highest BCUT2D eigenvalue weighted by atomic mass is 36.0. The number of nitrogens with one attached hydrogen (secondary N) is 2. The molecule has 0 aliphatic carbocycles. The van der Waals surface area contributed by atoms with Crippen molar-refractivity contribution in [3.8, 4) is 0 Å². The van der Waals surface area contributed by atoms with E-state index in [0.29, 0.717) is 104 Å². The van der Waals surface area contributed by atoms with E-state index in [-0.39, 0.29) is 5.56 Å². The van der Waals surface area contributed by atoms with E-state index in [1.807, 2.05) is 79.8 Å². The molecule has 0 spiro atoms. The van der Waals surface area contributed by atoms with Crippen molar-refractivity contribution in [3.63, 3.8) is 0 Å². The van der Waals surface area contributed by atoms with Crippen LogP contribution in [-0.4, -0.2) is 108 Å². The third kappa shape index (κ3) is 24.9.